The van der Waals surface area contributed by atoms with Gasteiger partial charge in [-0.3, -0.25) is 0 Å². The highest BCUT2D eigenvalue weighted by atomic mass is 16.3. The molecule has 1 fully saturated rings. The Morgan fingerprint density at radius 3 is 1.53 bits per heavy atom. The summed E-state index contributed by atoms with van der Waals surface area (Å²) in [6.45, 7) is 0. The van der Waals surface area contributed by atoms with Crippen LogP contribution in [-0.2, 0) is 0 Å². The maximum atomic E-state index is 7.24. The molecule has 1 aromatic heterocycles. The quantitative estimate of drug-likeness (QED) is 0.160. The number of rotatable bonds is 7. The summed E-state index contributed by atoms with van der Waals surface area (Å²) in [4.78, 5) is 2.39. The molecule has 2 heteroatoms. The summed E-state index contributed by atoms with van der Waals surface area (Å²) in [6.07, 6.45) is 6.33. The first kappa shape index (κ1) is 36.4. The summed E-state index contributed by atoms with van der Waals surface area (Å²) >= 11 is 0. The number of fused-ring (bicyclic) bond motifs is 7. The highest BCUT2D eigenvalue weighted by Crippen LogP contribution is 2.48. The van der Waals surface area contributed by atoms with Crippen molar-refractivity contribution in [3.05, 3.63) is 212 Å². The van der Waals surface area contributed by atoms with Crippen molar-refractivity contribution in [2.75, 3.05) is 4.90 Å². The van der Waals surface area contributed by atoms with E-state index in [-0.39, 0.29) is 0 Å². The van der Waals surface area contributed by atoms with Crippen LogP contribution in [0, 0.1) is 0 Å². The molecular formula is C60H45NO. The molecule has 12 rings (SSSR count). The van der Waals surface area contributed by atoms with E-state index in [1.165, 1.54) is 114 Å². The Hall–Kier alpha value is -7.42. The Balaban J connectivity index is 0.974. The van der Waals surface area contributed by atoms with Gasteiger partial charge in [0.2, 0.25) is 0 Å². The van der Waals surface area contributed by atoms with Gasteiger partial charge in [-0.25, -0.2) is 0 Å². The van der Waals surface area contributed by atoms with Crippen molar-refractivity contribution in [2.45, 2.75) is 38.0 Å². The fraction of sp³-hybridized carbons (Fsp3) is 0.100. The van der Waals surface area contributed by atoms with Crippen molar-refractivity contribution in [2.24, 2.45) is 0 Å². The van der Waals surface area contributed by atoms with Crippen molar-refractivity contribution >= 4 is 71.3 Å². The number of hydrogen-bond acceptors (Lipinski definition) is 2. The lowest BCUT2D eigenvalue weighted by Gasteiger charge is -2.26. The van der Waals surface area contributed by atoms with Crippen LogP contribution >= 0.6 is 0 Å². The molecule has 0 saturated heterocycles. The summed E-state index contributed by atoms with van der Waals surface area (Å²) in [5.74, 6) is 0.527. The number of furan rings is 1. The van der Waals surface area contributed by atoms with Crippen LogP contribution in [0.4, 0.5) is 17.1 Å². The standard InChI is InChI=1S/C60H45NO/c1-3-12-40(13-4-1)42-28-32-52(33-29-42)61(57-39-51-18-9-10-19-54(51)58-56-21-11-20-55(59(56)62-60(57)58)44-15-5-2-6-16-44)53-34-30-43(31-35-53)46-24-25-49-38-50(27-26-48(49)37-46)47-23-22-41-14-7-8-17-45(41)36-47/h1,3-4,7-14,17-39,44H,2,5-6,15-16H2. The maximum absolute atomic E-state index is 7.24. The Morgan fingerprint density at radius 1 is 0.355 bits per heavy atom. The summed E-state index contributed by atoms with van der Waals surface area (Å²) in [6, 6.07) is 75.6. The number of nitrogens with zero attached hydrogens (tertiary/aromatic N) is 1. The Labute approximate surface area is 362 Å². The van der Waals surface area contributed by atoms with Crippen LogP contribution in [0.15, 0.2) is 211 Å². The van der Waals surface area contributed by atoms with Crippen molar-refractivity contribution in [1.29, 1.82) is 0 Å². The minimum Gasteiger partial charge on any atom is -0.454 e. The zero-order valence-electron chi connectivity index (χ0n) is 34.6. The normalized spacial score (nSPS) is 13.4. The highest BCUT2D eigenvalue weighted by Gasteiger charge is 2.25. The molecule has 0 atom stereocenters. The third-order valence-electron chi connectivity index (χ3n) is 13.4. The molecule has 1 aliphatic carbocycles. The topological polar surface area (TPSA) is 16.4 Å². The van der Waals surface area contributed by atoms with Crippen LogP contribution in [-0.4, -0.2) is 0 Å². The van der Waals surface area contributed by atoms with Crippen molar-refractivity contribution in [1.82, 2.24) is 0 Å². The fourth-order valence-corrected chi connectivity index (χ4v) is 10.2. The van der Waals surface area contributed by atoms with Gasteiger partial charge in [0.15, 0.2) is 5.58 Å². The van der Waals surface area contributed by atoms with Gasteiger partial charge in [-0.1, -0.05) is 177 Å². The van der Waals surface area contributed by atoms with E-state index in [9.17, 15) is 0 Å². The van der Waals surface area contributed by atoms with Gasteiger partial charge in [0.1, 0.15) is 5.58 Å². The highest BCUT2D eigenvalue weighted by molar-refractivity contribution is 6.23. The van der Waals surface area contributed by atoms with Crippen LogP contribution in [0.5, 0.6) is 0 Å². The third kappa shape index (κ3) is 6.42. The van der Waals surface area contributed by atoms with E-state index in [0.717, 1.165) is 28.2 Å². The zero-order valence-corrected chi connectivity index (χ0v) is 34.6. The van der Waals surface area contributed by atoms with E-state index in [4.69, 9.17) is 4.42 Å². The molecule has 1 heterocycles. The molecule has 62 heavy (non-hydrogen) atoms. The minimum absolute atomic E-state index is 0.527. The van der Waals surface area contributed by atoms with E-state index in [0.29, 0.717) is 5.92 Å². The first-order chi connectivity index (χ1) is 30.7. The van der Waals surface area contributed by atoms with Gasteiger partial charge < -0.3 is 9.32 Å². The van der Waals surface area contributed by atoms with E-state index in [1.807, 2.05) is 0 Å². The second-order valence-electron chi connectivity index (χ2n) is 17.1. The zero-order chi connectivity index (χ0) is 41.0. The van der Waals surface area contributed by atoms with E-state index in [1.54, 1.807) is 0 Å². The van der Waals surface area contributed by atoms with Gasteiger partial charge in [-0.15, -0.1) is 0 Å². The average molecular weight is 796 g/mol. The maximum Gasteiger partial charge on any atom is 0.160 e. The summed E-state index contributed by atoms with van der Waals surface area (Å²) < 4.78 is 7.24. The van der Waals surface area contributed by atoms with Gasteiger partial charge in [-0.2, -0.15) is 0 Å². The van der Waals surface area contributed by atoms with Crippen molar-refractivity contribution in [3.8, 4) is 33.4 Å². The van der Waals surface area contributed by atoms with Gasteiger partial charge in [-0.05, 0) is 139 Å². The Kier molecular flexibility index (Phi) is 8.96. The van der Waals surface area contributed by atoms with Gasteiger partial charge >= 0.3 is 0 Å². The van der Waals surface area contributed by atoms with Gasteiger partial charge in [0.05, 0.1) is 5.69 Å². The molecule has 2 nitrogen and oxygen atoms in total. The lowest BCUT2D eigenvalue weighted by molar-refractivity contribution is 0.442. The van der Waals surface area contributed by atoms with Crippen molar-refractivity contribution in [3.63, 3.8) is 0 Å². The number of anilines is 3. The van der Waals surface area contributed by atoms with Crippen LogP contribution in [0.2, 0.25) is 0 Å². The van der Waals surface area contributed by atoms with Gasteiger partial charge in [0.25, 0.3) is 0 Å². The predicted octanol–water partition coefficient (Wildman–Crippen LogP) is 17.6. The molecular weight excluding hydrogens is 751 g/mol. The molecule has 0 bridgehead atoms. The second kappa shape index (κ2) is 15.2. The van der Waals surface area contributed by atoms with Crippen molar-refractivity contribution < 1.29 is 4.42 Å². The summed E-state index contributed by atoms with van der Waals surface area (Å²) in [7, 11) is 0. The smallest absolute Gasteiger partial charge is 0.160 e. The lowest BCUT2D eigenvalue weighted by atomic mass is 9.83. The summed E-state index contributed by atoms with van der Waals surface area (Å²) in [5.41, 5.74) is 13.8. The van der Waals surface area contributed by atoms with Crippen LogP contribution < -0.4 is 4.90 Å². The average Bonchev–Trinajstić information content (AvgIpc) is 3.75. The van der Waals surface area contributed by atoms with E-state index in [2.05, 4.69) is 211 Å². The predicted molar refractivity (Wildman–Crippen MR) is 263 cm³/mol. The molecule has 0 spiro atoms. The first-order valence-electron chi connectivity index (χ1n) is 22.2. The molecule has 296 valence electrons. The molecule has 0 aliphatic heterocycles. The number of para-hydroxylation sites is 1. The van der Waals surface area contributed by atoms with Gasteiger partial charge in [0, 0.05) is 22.1 Å². The number of hydrogen-bond donors (Lipinski definition) is 0. The lowest BCUT2D eigenvalue weighted by Crippen LogP contribution is -2.10. The van der Waals surface area contributed by atoms with E-state index >= 15 is 0 Å². The monoisotopic (exact) mass is 795 g/mol. The largest absolute Gasteiger partial charge is 0.454 e. The Bertz CT molecular complexity index is 3430. The van der Waals surface area contributed by atoms with Crippen LogP contribution in [0.25, 0.3) is 87.6 Å². The molecule has 11 aromatic rings. The molecule has 0 radical (unpaired) electrons. The number of benzene rings is 10. The van der Waals surface area contributed by atoms with E-state index < -0.39 is 0 Å². The minimum atomic E-state index is 0.527. The van der Waals surface area contributed by atoms with Crippen LogP contribution in [0.3, 0.4) is 0 Å². The molecule has 0 unspecified atom stereocenters. The molecule has 10 aromatic carbocycles. The molecule has 0 amide bonds. The second-order valence-corrected chi connectivity index (χ2v) is 17.1. The fourth-order valence-electron chi connectivity index (χ4n) is 10.2. The summed E-state index contributed by atoms with van der Waals surface area (Å²) in [5, 5.41) is 9.80. The third-order valence-corrected chi connectivity index (χ3v) is 13.4. The first-order valence-corrected chi connectivity index (χ1v) is 22.2. The molecule has 1 saturated carbocycles. The molecule has 1 aliphatic rings. The SMILES string of the molecule is c1ccc(-c2ccc(N(c3ccc(-c4ccc5cc(-c6ccc7ccccc7c6)ccc5c4)cc3)c3cc4ccccc4c4c3oc3c(C5CCCCC5)cccc34)cc2)cc1. The van der Waals surface area contributed by atoms with Crippen LogP contribution in [0.1, 0.15) is 43.6 Å². The molecule has 0 N–H and O–H groups in total. The Morgan fingerprint density at radius 2 is 0.855 bits per heavy atom.